The molecule has 122 valence electrons. The van der Waals surface area contributed by atoms with Crippen LogP contribution in [0.1, 0.15) is 17.1 Å². The first kappa shape index (κ1) is 17.0. The molecule has 1 heterocycles. The summed E-state index contributed by atoms with van der Waals surface area (Å²) in [5, 5.41) is 2.71. The highest BCUT2D eigenvalue weighted by Crippen LogP contribution is 2.11. The molecule has 0 aliphatic heterocycles. The lowest BCUT2D eigenvalue weighted by Gasteiger charge is -2.05. The number of benzene rings is 1. The highest BCUT2D eigenvalue weighted by Gasteiger charge is 2.02. The molecule has 0 spiro atoms. The molecule has 1 aromatic heterocycles. The van der Waals surface area contributed by atoms with E-state index in [9.17, 15) is 13.2 Å². The molecule has 0 atom stereocenters. The normalized spacial score (nSPS) is 11.7. The summed E-state index contributed by atoms with van der Waals surface area (Å²) in [6.45, 7) is 2.04. The highest BCUT2D eigenvalue weighted by molar-refractivity contribution is 7.88. The summed E-state index contributed by atoms with van der Waals surface area (Å²) in [7, 11) is -3.22. The number of hydrogen-bond donors (Lipinski definition) is 2. The maximum atomic E-state index is 11.8. The second-order valence-electron chi connectivity index (χ2n) is 5.06. The van der Waals surface area contributed by atoms with Gasteiger partial charge >= 0.3 is 0 Å². The smallest absolute Gasteiger partial charge is 0.248 e. The largest absolute Gasteiger partial charge is 0.462 e. The third kappa shape index (κ3) is 6.09. The van der Waals surface area contributed by atoms with Crippen LogP contribution in [0, 0.1) is 6.92 Å². The van der Waals surface area contributed by atoms with Gasteiger partial charge in [0.2, 0.25) is 15.9 Å². The molecule has 0 saturated heterocycles. The van der Waals surface area contributed by atoms with Gasteiger partial charge in [-0.05, 0) is 42.8 Å². The van der Waals surface area contributed by atoms with Crippen molar-refractivity contribution in [2.24, 2.45) is 0 Å². The molecule has 0 unspecified atom stereocenters. The number of hydrogen-bond acceptors (Lipinski definition) is 4. The topological polar surface area (TPSA) is 88.4 Å². The van der Waals surface area contributed by atoms with E-state index in [0.29, 0.717) is 11.4 Å². The predicted octanol–water partition coefficient (Wildman–Crippen LogP) is 2.29. The van der Waals surface area contributed by atoms with Crippen molar-refractivity contribution < 1.29 is 17.6 Å². The van der Waals surface area contributed by atoms with Crippen molar-refractivity contribution in [3.63, 3.8) is 0 Å². The van der Waals surface area contributed by atoms with Gasteiger partial charge in [-0.15, -0.1) is 0 Å². The van der Waals surface area contributed by atoms with Crippen LogP contribution in [0.3, 0.4) is 0 Å². The molecule has 1 amide bonds. The van der Waals surface area contributed by atoms with Gasteiger partial charge in [0.15, 0.2) is 0 Å². The van der Waals surface area contributed by atoms with Gasteiger partial charge in [-0.2, -0.15) is 0 Å². The number of sulfonamides is 1. The fourth-order valence-electron chi connectivity index (χ4n) is 1.81. The third-order valence-electron chi connectivity index (χ3n) is 2.92. The Morgan fingerprint density at radius 2 is 1.87 bits per heavy atom. The number of anilines is 1. The van der Waals surface area contributed by atoms with Gasteiger partial charge in [-0.1, -0.05) is 12.1 Å². The fourth-order valence-corrected chi connectivity index (χ4v) is 2.23. The molecule has 7 heteroatoms. The summed E-state index contributed by atoms with van der Waals surface area (Å²) in [5.41, 5.74) is 1.42. The minimum atomic E-state index is -3.22. The molecule has 0 saturated carbocycles. The minimum Gasteiger partial charge on any atom is -0.462 e. The quantitative estimate of drug-likeness (QED) is 0.793. The maximum absolute atomic E-state index is 11.8. The van der Waals surface area contributed by atoms with Crippen molar-refractivity contribution in [2.45, 2.75) is 13.5 Å². The summed E-state index contributed by atoms with van der Waals surface area (Å²) < 4.78 is 29.8. The SMILES string of the molecule is Cc1ccc(/C=C\C(=O)Nc2ccc(CNS(C)(=O)=O)cc2)o1. The molecule has 2 aromatic rings. The van der Waals surface area contributed by atoms with Gasteiger partial charge < -0.3 is 9.73 Å². The Balaban J connectivity index is 1.90. The zero-order chi connectivity index (χ0) is 16.9. The zero-order valence-electron chi connectivity index (χ0n) is 12.9. The molecule has 0 bridgehead atoms. The highest BCUT2D eigenvalue weighted by atomic mass is 32.2. The number of amides is 1. The standard InChI is InChI=1S/C16H18N2O4S/c1-12-3-8-15(22-12)9-10-16(19)18-14-6-4-13(5-7-14)11-17-23(2,20)21/h3-10,17H,11H2,1-2H3,(H,18,19)/b10-9-. The van der Waals surface area contributed by atoms with Gasteiger partial charge in [-0.25, -0.2) is 13.1 Å². The summed E-state index contributed by atoms with van der Waals surface area (Å²) in [5.74, 6) is 1.12. The van der Waals surface area contributed by atoms with E-state index in [1.807, 2.05) is 13.0 Å². The summed E-state index contributed by atoms with van der Waals surface area (Å²) in [6.07, 6.45) is 4.08. The van der Waals surface area contributed by atoms with Crippen LogP contribution >= 0.6 is 0 Å². The van der Waals surface area contributed by atoms with Gasteiger partial charge in [0, 0.05) is 18.3 Å². The number of carbonyl (C=O) groups excluding carboxylic acids is 1. The van der Waals surface area contributed by atoms with Crippen molar-refractivity contribution in [3.8, 4) is 0 Å². The Hall–Kier alpha value is -2.38. The van der Waals surface area contributed by atoms with E-state index in [0.717, 1.165) is 17.6 Å². The van der Waals surface area contributed by atoms with Crippen LogP contribution in [-0.4, -0.2) is 20.6 Å². The summed E-state index contributed by atoms with van der Waals surface area (Å²) in [4.78, 5) is 11.8. The van der Waals surface area contributed by atoms with Crippen LogP contribution in [-0.2, 0) is 21.4 Å². The molecule has 0 aliphatic rings. The number of aryl methyl sites for hydroxylation is 1. The van der Waals surface area contributed by atoms with E-state index in [4.69, 9.17) is 4.42 Å². The number of carbonyl (C=O) groups is 1. The van der Waals surface area contributed by atoms with Crippen LogP contribution in [0.4, 0.5) is 5.69 Å². The molecule has 0 aliphatic carbocycles. The Kier molecular flexibility index (Phi) is 5.36. The Morgan fingerprint density at radius 3 is 2.43 bits per heavy atom. The lowest BCUT2D eigenvalue weighted by Crippen LogP contribution is -2.21. The van der Waals surface area contributed by atoms with E-state index >= 15 is 0 Å². The van der Waals surface area contributed by atoms with E-state index in [1.54, 1.807) is 36.4 Å². The molecule has 23 heavy (non-hydrogen) atoms. The lowest BCUT2D eigenvalue weighted by molar-refractivity contribution is -0.111. The molecule has 6 nitrogen and oxygen atoms in total. The monoisotopic (exact) mass is 334 g/mol. The van der Waals surface area contributed by atoms with Crippen LogP contribution in [0.25, 0.3) is 6.08 Å². The van der Waals surface area contributed by atoms with Crippen molar-refractivity contribution in [1.82, 2.24) is 4.72 Å². The number of furan rings is 1. The minimum absolute atomic E-state index is 0.213. The van der Waals surface area contributed by atoms with Gasteiger partial charge in [0.05, 0.1) is 6.26 Å². The third-order valence-corrected chi connectivity index (χ3v) is 3.59. The summed E-state index contributed by atoms with van der Waals surface area (Å²) in [6, 6.07) is 10.5. The zero-order valence-corrected chi connectivity index (χ0v) is 13.7. The van der Waals surface area contributed by atoms with Crippen molar-refractivity contribution in [1.29, 1.82) is 0 Å². The van der Waals surface area contributed by atoms with Gasteiger partial charge in [-0.3, -0.25) is 4.79 Å². The van der Waals surface area contributed by atoms with Crippen LogP contribution in [0.5, 0.6) is 0 Å². The van der Waals surface area contributed by atoms with Crippen LogP contribution in [0.2, 0.25) is 0 Å². The number of rotatable bonds is 6. The average molecular weight is 334 g/mol. The van der Waals surface area contributed by atoms with E-state index in [-0.39, 0.29) is 12.5 Å². The molecule has 2 N–H and O–H groups in total. The van der Waals surface area contributed by atoms with E-state index in [1.165, 1.54) is 6.08 Å². The molecule has 0 fully saturated rings. The second-order valence-corrected chi connectivity index (χ2v) is 6.89. The molecular formula is C16H18N2O4S. The first-order valence-electron chi connectivity index (χ1n) is 6.91. The maximum Gasteiger partial charge on any atom is 0.248 e. The second kappa shape index (κ2) is 7.26. The molecule has 0 radical (unpaired) electrons. The van der Waals surface area contributed by atoms with Crippen LogP contribution in [0.15, 0.2) is 46.9 Å². The lowest BCUT2D eigenvalue weighted by atomic mass is 10.2. The molecular weight excluding hydrogens is 316 g/mol. The van der Waals surface area contributed by atoms with Crippen molar-refractivity contribution in [2.75, 3.05) is 11.6 Å². The van der Waals surface area contributed by atoms with Gasteiger partial charge in [0.1, 0.15) is 11.5 Å². The average Bonchev–Trinajstić information content (AvgIpc) is 2.89. The Labute approximate surface area is 135 Å². The first-order chi connectivity index (χ1) is 10.8. The van der Waals surface area contributed by atoms with Gasteiger partial charge in [0.25, 0.3) is 0 Å². The van der Waals surface area contributed by atoms with Crippen LogP contribution < -0.4 is 10.0 Å². The fraction of sp³-hybridized carbons (Fsp3) is 0.188. The van der Waals surface area contributed by atoms with Crippen molar-refractivity contribution >= 4 is 27.7 Å². The molecule has 2 rings (SSSR count). The van der Waals surface area contributed by atoms with Crippen molar-refractivity contribution in [3.05, 3.63) is 59.6 Å². The molecule has 1 aromatic carbocycles. The Bertz CT molecular complexity index is 805. The first-order valence-corrected chi connectivity index (χ1v) is 8.80. The Morgan fingerprint density at radius 1 is 1.17 bits per heavy atom. The number of nitrogens with one attached hydrogen (secondary N) is 2. The predicted molar refractivity (Wildman–Crippen MR) is 89.2 cm³/mol. The van der Waals surface area contributed by atoms with E-state index in [2.05, 4.69) is 10.0 Å². The summed E-state index contributed by atoms with van der Waals surface area (Å²) >= 11 is 0. The van der Waals surface area contributed by atoms with E-state index < -0.39 is 10.0 Å².